The first kappa shape index (κ1) is 16.9. The number of piperidine rings is 1. The minimum Gasteiger partial charge on any atom is -0.351 e. The van der Waals surface area contributed by atoms with Gasteiger partial charge in [-0.2, -0.15) is 0 Å². The Kier molecular flexibility index (Phi) is 6.02. The maximum atomic E-state index is 12.2. The third kappa shape index (κ3) is 4.99. The molecular weight excluding hydrogens is 308 g/mol. The highest BCUT2D eigenvalue weighted by Crippen LogP contribution is 2.19. The molecule has 0 aliphatic carbocycles. The summed E-state index contributed by atoms with van der Waals surface area (Å²) < 4.78 is 0. The summed E-state index contributed by atoms with van der Waals surface area (Å²) in [4.78, 5) is 22.2. The average Bonchev–Trinajstić information content (AvgIpc) is 3.19. The third-order valence-corrected chi connectivity index (χ3v) is 5.88. The van der Waals surface area contributed by atoms with E-state index in [2.05, 4.69) is 27.1 Å². The molecule has 0 spiro atoms. The van der Waals surface area contributed by atoms with Gasteiger partial charge >= 0.3 is 0 Å². The fraction of sp³-hybridized carbons (Fsp3) is 0.765. The van der Waals surface area contributed by atoms with Crippen LogP contribution in [0.3, 0.4) is 0 Å². The van der Waals surface area contributed by atoms with Gasteiger partial charge in [0.1, 0.15) is 9.88 Å². The average molecular weight is 337 g/mol. The van der Waals surface area contributed by atoms with Crippen molar-refractivity contribution in [1.29, 1.82) is 0 Å². The van der Waals surface area contributed by atoms with E-state index in [1.807, 2.05) is 0 Å². The first-order valence-corrected chi connectivity index (χ1v) is 9.66. The fourth-order valence-electron chi connectivity index (χ4n) is 3.61. The highest BCUT2D eigenvalue weighted by molar-refractivity contribution is 7.13. The quantitative estimate of drug-likeness (QED) is 0.865. The largest absolute Gasteiger partial charge is 0.351 e. The highest BCUT2D eigenvalue weighted by Gasteiger charge is 2.18. The van der Waals surface area contributed by atoms with Crippen molar-refractivity contribution in [3.8, 4) is 0 Å². The van der Waals surface area contributed by atoms with Crippen molar-refractivity contribution in [1.82, 2.24) is 20.1 Å². The Balaban J connectivity index is 1.40. The lowest BCUT2D eigenvalue weighted by Crippen LogP contribution is -2.34. The molecule has 1 atom stereocenters. The number of aromatic nitrogens is 1. The normalized spacial score (nSPS) is 23.3. The summed E-state index contributed by atoms with van der Waals surface area (Å²) in [6.07, 6.45) is 7.96. The van der Waals surface area contributed by atoms with Crippen LogP contribution < -0.4 is 5.32 Å². The van der Waals surface area contributed by atoms with E-state index in [1.54, 1.807) is 17.5 Å². The second-order valence-electron chi connectivity index (χ2n) is 6.92. The summed E-state index contributed by atoms with van der Waals surface area (Å²) >= 11 is 1.54. The van der Waals surface area contributed by atoms with Gasteiger partial charge in [0.05, 0.1) is 12.7 Å². The Labute approximate surface area is 143 Å². The van der Waals surface area contributed by atoms with E-state index in [-0.39, 0.29) is 5.91 Å². The van der Waals surface area contributed by atoms with Crippen LogP contribution in [0.1, 0.15) is 46.8 Å². The van der Waals surface area contributed by atoms with E-state index in [0.29, 0.717) is 0 Å². The summed E-state index contributed by atoms with van der Waals surface area (Å²) in [5.41, 5.74) is 0. The maximum absolute atomic E-state index is 12.2. The second kappa shape index (κ2) is 8.22. The van der Waals surface area contributed by atoms with E-state index in [9.17, 15) is 4.79 Å². The number of nitrogens with one attached hydrogen (secondary N) is 1. The maximum Gasteiger partial charge on any atom is 0.263 e. The topological polar surface area (TPSA) is 48.5 Å². The van der Waals surface area contributed by atoms with Crippen LogP contribution in [0.4, 0.5) is 0 Å². The van der Waals surface area contributed by atoms with Crippen LogP contribution in [-0.4, -0.2) is 60.5 Å². The molecule has 3 heterocycles. The molecule has 128 valence electrons. The third-order valence-electron chi connectivity index (χ3n) is 4.90. The van der Waals surface area contributed by atoms with Crippen LogP contribution in [0, 0.1) is 5.92 Å². The van der Waals surface area contributed by atoms with Crippen LogP contribution >= 0.6 is 11.3 Å². The number of amides is 1. The number of thiazole rings is 1. The van der Waals surface area contributed by atoms with Gasteiger partial charge in [0, 0.05) is 13.1 Å². The molecule has 3 rings (SSSR count). The van der Waals surface area contributed by atoms with E-state index in [0.717, 1.165) is 54.9 Å². The predicted octanol–water partition coefficient (Wildman–Crippen LogP) is 2.20. The Morgan fingerprint density at radius 1 is 1.35 bits per heavy atom. The zero-order chi connectivity index (χ0) is 16.1. The van der Waals surface area contributed by atoms with Crippen molar-refractivity contribution in [3.05, 3.63) is 16.1 Å². The number of carbonyl (C=O) groups is 1. The minimum atomic E-state index is 0.0411. The van der Waals surface area contributed by atoms with Gasteiger partial charge in [0.15, 0.2) is 0 Å². The molecule has 0 unspecified atom stereocenters. The van der Waals surface area contributed by atoms with Crippen molar-refractivity contribution in [2.24, 2.45) is 5.92 Å². The summed E-state index contributed by atoms with van der Waals surface area (Å²) in [5, 5.41) is 4.13. The zero-order valence-electron chi connectivity index (χ0n) is 14.1. The molecule has 0 aromatic carbocycles. The van der Waals surface area contributed by atoms with E-state index >= 15 is 0 Å². The summed E-state index contributed by atoms with van der Waals surface area (Å²) in [5.74, 6) is 0.764. The van der Waals surface area contributed by atoms with Crippen molar-refractivity contribution in [2.45, 2.75) is 38.6 Å². The Bertz CT molecular complexity index is 512. The van der Waals surface area contributed by atoms with Crippen LogP contribution in [0.2, 0.25) is 0 Å². The number of hydrogen-bond acceptors (Lipinski definition) is 5. The molecule has 0 radical (unpaired) electrons. The zero-order valence-corrected chi connectivity index (χ0v) is 14.9. The Morgan fingerprint density at radius 3 is 2.96 bits per heavy atom. The molecule has 1 N–H and O–H groups in total. The van der Waals surface area contributed by atoms with E-state index < -0.39 is 0 Å². The number of rotatable bonds is 6. The molecule has 1 aromatic heterocycles. The van der Waals surface area contributed by atoms with Crippen LogP contribution in [-0.2, 0) is 6.54 Å². The van der Waals surface area contributed by atoms with Crippen molar-refractivity contribution < 1.29 is 4.79 Å². The number of nitrogens with zero attached hydrogens (tertiary/aromatic N) is 3. The molecule has 6 heteroatoms. The van der Waals surface area contributed by atoms with Gasteiger partial charge in [-0.15, -0.1) is 11.3 Å². The van der Waals surface area contributed by atoms with Crippen LogP contribution in [0.15, 0.2) is 6.20 Å². The van der Waals surface area contributed by atoms with Gasteiger partial charge in [-0.3, -0.25) is 9.69 Å². The van der Waals surface area contributed by atoms with Gasteiger partial charge in [0.25, 0.3) is 5.91 Å². The molecular formula is C17H28N4OS. The van der Waals surface area contributed by atoms with Crippen molar-refractivity contribution >= 4 is 17.2 Å². The minimum absolute atomic E-state index is 0.0411. The van der Waals surface area contributed by atoms with Gasteiger partial charge in [-0.25, -0.2) is 4.98 Å². The molecule has 0 saturated carbocycles. The standard InChI is InChI=1S/C17H28N4OS/c1-20-8-4-5-14(12-20)6-7-18-17(22)15-11-19-16(23-15)13-21-9-2-3-10-21/h11,14H,2-10,12-13H2,1H3,(H,18,22)/t14-/m1/s1. The number of hydrogen-bond donors (Lipinski definition) is 1. The molecule has 23 heavy (non-hydrogen) atoms. The second-order valence-corrected chi connectivity index (χ2v) is 8.03. The fourth-order valence-corrected chi connectivity index (χ4v) is 4.48. The molecule has 2 fully saturated rings. The molecule has 0 bridgehead atoms. The lowest BCUT2D eigenvalue weighted by atomic mass is 9.95. The first-order valence-electron chi connectivity index (χ1n) is 8.84. The Hall–Kier alpha value is -0.980. The van der Waals surface area contributed by atoms with Gasteiger partial charge < -0.3 is 10.2 Å². The smallest absolute Gasteiger partial charge is 0.263 e. The molecule has 1 amide bonds. The van der Waals surface area contributed by atoms with Crippen LogP contribution in [0.25, 0.3) is 0 Å². The molecule has 1 aromatic rings. The van der Waals surface area contributed by atoms with E-state index in [1.165, 1.54) is 32.2 Å². The number of carbonyl (C=O) groups excluding carboxylic acids is 1. The van der Waals surface area contributed by atoms with Crippen LogP contribution in [0.5, 0.6) is 0 Å². The van der Waals surface area contributed by atoms with Gasteiger partial charge in [0.2, 0.25) is 0 Å². The number of likely N-dealkylation sites (tertiary alicyclic amines) is 2. The summed E-state index contributed by atoms with van der Waals surface area (Å²) in [6, 6.07) is 0. The molecule has 2 saturated heterocycles. The molecule has 2 aliphatic heterocycles. The van der Waals surface area contributed by atoms with E-state index in [4.69, 9.17) is 0 Å². The highest BCUT2D eigenvalue weighted by atomic mass is 32.1. The summed E-state index contributed by atoms with van der Waals surface area (Å²) in [7, 11) is 2.18. The van der Waals surface area contributed by atoms with Crippen molar-refractivity contribution in [2.75, 3.05) is 39.8 Å². The molecule has 2 aliphatic rings. The Morgan fingerprint density at radius 2 is 2.17 bits per heavy atom. The summed E-state index contributed by atoms with van der Waals surface area (Å²) in [6.45, 7) is 6.37. The molecule has 5 nitrogen and oxygen atoms in total. The van der Waals surface area contributed by atoms with Crippen molar-refractivity contribution in [3.63, 3.8) is 0 Å². The predicted molar refractivity (Wildman–Crippen MR) is 93.8 cm³/mol. The lowest BCUT2D eigenvalue weighted by Gasteiger charge is -2.29. The van der Waals surface area contributed by atoms with Gasteiger partial charge in [-0.05, 0) is 64.7 Å². The van der Waals surface area contributed by atoms with Gasteiger partial charge in [-0.1, -0.05) is 0 Å². The first-order chi connectivity index (χ1) is 11.2. The SMILES string of the molecule is CN1CCC[C@H](CCNC(=O)c2cnc(CN3CCCC3)s2)C1. The monoisotopic (exact) mass is 336 g/mol. The lowest BCUT2D eigenvalue weighted by molar-refractivity contribution is 0.0952.